The number of nitrogens with one attached hydrogen (secondary N) is 1. The van der Waals surface area contributed by atoms with E-state index in [4.69, 9.17) is 24.3 Å². The third-order valence-electron chi connectivity index (χ3n) is 6.33. The van der Waals surface area contributed by atoms with Crippen molar-refractivity contribution >= 4 is 25.5 Å². The van der Waals surface area contributed by atoms with E-state index < -0.39 is 56.1 Å². The van der Waals surface area contributed by atoms with Crippen LogP contribution in [0, 0.1) is 5.41 Å². The van der Waals surface area contributed by atoms with Gasteiger partial charge in [-0.1, -0.05) is 0 Å². The van der Waals surface area contributed by atoms with Crippen LogP contribution in [-0.4, -0.2) is 72.7 Å². The number of aliphatic hydroxyl groups excluding tert-OH is 1. The van der Waals surface area contributed by atoms with Gasteiger partial charge in [-0.3, -0.25) is 0 Å². The van der Waals surface area contributed by atoms with Gasteiger partial charge in [0.15, 0.2) is 0 Å². The number of aromatic nitrogens is 4. The van der Waals surface area contributed by atoms with Crippen molar-refractivity contribution in [3.05, 3.63) is 48.5 Å². The fraction of sp³-hybridized carbons (Fsp3) is 0.520. The van der Waals surface area contributed by atoms with Crippen molar-refractivity contribution < 1.29 is 37.7 Å². The molecule has 1 aromatic carbocycles. The van der Waals surface area contributed by atoms with E-state index in [1.54, 1.807) is 58.0 Å². The summed E-state index contributed by atoms with van der Waals surface area (Å²) in [6.07, 6.45) is -1.56. The van der Waals surface area contributed by atoms with E-state index in [-0.39, 0.29) is 23.8 Å². The van der Waals surface area contributed by atoms with E-state index in [0.717, 1.165) is 0 Å². The number of esters is 1. The summed E-state index contributed by atoms with van der Waals surface area (Å²) in [5.74, 6) is 0.00122. The molecule has 40 heavy (non-hydrogen) atoms. The number of nitrogens with zero attached hydrogens (tertiary/aromatic N) is 4. The molecule has 3 aromatic rings. The molecule has 220 valence electrons. The molecule has 1 fully saturated rings. The summed E-state index contributed by atoms with van der Waals surface area (Å²) in [4.78, 5) is 31.6. The van der Waals surface area contributed by atoms with Gasteiger partial charge in [0, 0.05) is 0 Å². The number of anilines is 1. The van der Waals surface area contributed by atoms with Crippen LogP contribution < -0.4 is 15.3 Å². The maximum atomic E-state index is 15.9. The summed E-state index contributed by atoms with van der Waals surface area (Å²) < 4.78 is 40.0. The summed E-state index contributed by atoms with van der Waals surface area (Å²) in [6, 6.07) is 7.88. The zero-order chi connectivity index (χ0) is 29.3. The number of nitrogen functional groups attached to an aromatic ring is 1. The molecule has 1 aliphatic rings. The van der Waals surface area contributed by atoms with Gasteiger partial charge in [-0.15, -0.1) is 0 Å². The van der Waals surface area contributed by atoms with Crippen LogP contribution in [0.2, 0.25) is 0 Å². The van der Waals surface area contributed by atoms with Crippen molar-refractivity contribution in [3.8, 4) is 5.75 Å². The fourth-order valence-corrected chi connectivity index (χ4v) is 5.89. The van der Waals surface area contributed by atoms with E-state index in [2.05, 4.69) is 20.2 Å². The number of ether oxygens (including phenoxy) is 2. The molecule has 15 heteroatoms. The first-order valence-electron chi connectivity index (χ1n) is 12.7. The third kappa shape index (κ3) is 6.48. The Bertz CT molecular complexity index is 1320. The summed E-state index contributed by atoms with van der Waals surface area (Å²) in [5.41, 5.74) is 3.30. The Morgan fingerprint density at radius 3 is 2.70 bits per heavy atom. The molecule has 13 nitrogen and oxygen atoms in total. The summed E-state index contributed by atoms with van der Waals surface area (Å²) in [5, 5.41) is 17.8. The number of aliphatic hydroxyl groups is 1. The molecule has 2 aromatic heterocycles. The quantitative estimate of drug-likeness (QED) is 0.203. The Balaban J connectivity index is 1.49. The van der Waals surface area contributed by atoms with Crippen LogP contribution in [0.15, 0.2) is 42.9 Å². The molecule has 0 bridgehead atoms. The van der Waals surface area contributed by atoms with Crippen molar-refractivity contribution in [1.29, 1.82) is 0 Å². The number of benzene rings is 1. The Morgan fingerprint density at radius 1 is 1.32 bits per heavy atom. The molecule has 0 amide bonds. The number of hydrogen-bond acceptors (Lipinski definition) is 12. The number of carbonyl (C=O) groups is 1. The minimum absolute atomic E-state index is 0.0701. The Hall–Kier alpha value is -3.00. The van der Waals surface area contributed by atoms with E-state index in [1.807, 2.05) is 0 Å². The molecular weight excluding hydrogens is 546 g/mol. The van der Waals surface area contributed by atoms with Gasteiger partial charge in [-0.05, 0) is 0 Å². The number of para-hydroxylation sites is 1. The molecule has 5 N–H and O–H groups in total. The monoisotopic (exact) mass is 582 g/mol. The van der Waals surface area contributed by atoms with Crippen LogP contribution in [0.1, 0.15) is 46.4 Å². The molecule has 3 heterocycles. The number of fused-ring (bicyclic) bond motifs is 1. The summed E-state index contributed by atoms with van der Waals surface area (Å²) in [6.45, 7) is 7.57. The number of rotatable bonds is 10. The molecule has 1 aliphatic heterocycles. The van der Waals surface area contributed by atoms with Crippen LogP contribution >= 0.6 is 8.09 Å². The molecule has 0 radical (unpaired) electrons. The van der Waals surface area contributed by atoms with Gasteiger partial charge in [-0.2, -0.15) is 0 Å². The van der Waals surface area contributed by atoms with E-state index >= 15 is 4.39 Å². The summed E-state index contributed by atoms with van der Waals surface area (Å²) >= 11 is 0. The molecule has 0 saturated carbocycles. The molecule has 1 saturated heterocycles. The van der Waals surface area contributed by atoms with Crippen molar-refractivity contribution in [2.24, 2.45) is 5.41 Å². The predicted octanol–water partition coefficient (Wildman–Crippen LogP) is 2.30. The zero-order valence-corrected chi connectivity index (χ0v) is 23.9. The van der Waals surface area contributed by atoms with Gasteiger partial charge in [-0.25, -0.2) is 0 Å². The number of alkyl halides is 1. The van der Waals surface area contributed by atoms with E-state index in [9.17, 15) is 14.8 Å². The molecular formula is C25H36FN6O7P. The Morgan fingerprint density at radius 2 is 2.02 bits per heavy atom. The van der Waals surface area contributed by atoms with Gasteiger partial charge in [0.05, 0.1) is 0 Å². The van der Waals surface area contributed by atoms with Crippen molar-refractivity contribution in [2.45, 2.75) is 64.6 Å². The summed E-state index contributed by atoms with van der Waals surface area (Å²) in [7, 11) is -4.26. The maximum absolute atomic E-state index is 15.9. The third-order valence-corrected chi connectivity index (χ3v) is 8.26. The van der Waals surface area contributed by atoms with Crippen molar-refractivity contribution in [1.82, 2.24) is 24.7 Å². The average Bonchev–Trinajstić information content (AvgIpc) is 3.40. The van der Waals surface area contributed by atoms with Gasteiger partial charge in [0.2, 0.25) is 0 Å². The van der Waals surface area contributed by atoms with Crippen LogP contribution in [0.3, 0.4) is 0 Å². The first-order valence-corrected chi connectivity index (χ1v) is 14.5. The topological polar surface area (TPSA) is 176 Å². The van der Waals surface area contributed by atoms with Gasteiger partial charge >= 0.3 is 231 Å². The molecule has 4 rings (SSSR count). The van der Waals surface area contributed by atoms with Crippen LogP contribution in [-0.2, 0) is 18.8 Å². The number of imidazole rings is 1. The number of carbonyl (C=O) groups excluding carboxylic acids is 1. The Labute approximate surface area is 231 Å². The van der Waals surface area contributed by atoms with Crippen molar-refractivity contribution in [3.63, 3.8) is 0 Å². The van der Waals surface area contributed by atoms with Crippen LogP contribution in [0.4, 0.5) is 10.2 Å². The van der Waals surface area contributed by atoms with Gasteiger partial charge in [0.25, 0.3) is 0 Å². The van der Waals surface area contributed by atoms with E-state index in [0.29, 0.717) is 5.75 Å². The average molecular weight is 583 g/mol. The first-order chi connectivity index (χ1) is 18.7. The number of nitrogens with two attached hydrogens (primary N) is 1. The number of halogens is 1. The second-order valence-corrected chi connectivity index (χ2v) is 12.9. The first kappa shape index (κ1) is 30.0. The van der Waals surface area contributed by atoms with Crippen LogP contribution in [0.5, 0.6) is 5.75 Å². The molecule has 5 atom stereocenters. The normalized spacial score (nSPS) is 24.6. The fourth-order valence-electron chi connectivity index (χ4n) is 4.14. The second kappa shape index (κ2) is 11.5. The second-order valence-electron chi connectivity index (χ2n) is 10.9. The predicted molar refractivity (Wildman–Crippen MR) is 145 cm³/mol. The van der Waals surface area contributed by atoms with Crippen molar-refractivity contribution in [2.75, 3.05) is 18.9 Å². The zero-order valence-electron chi connectivity index (χ0n) is 22.9. The van der Waals surface area contributed by atoms with Gasteiger partial charge < -0.3 is 0 Å². The standard InChI is InChI=1S/C25H36FN6O7P/c1-15(12-36-23(34)24(2,3)4)31-40(35,39-16-9-7-6-8-10-16)37-13-18-19(33)25(5,26)20(38-18)17-11-28-22-21(27)29-14-30-32(17)22/h6-11,14-15,18-20,31,33,35,40H,12-13H2,1-5H3,(H2,27,29,30)/t15-,18+,19+,20-,25+/m0/s1. The van der Waals surface area contributed by atoms with Gasteiger partial charge in [0.1, 0.15) is 0 Å². The Kier molecular flexibility index (Phi) is 8.60. The number of hydrogen-bond donors (Lipinski definition) is 4. The molecule has 0 spiro atoms. The van der Waals surface area contributed by atoms with E-state index in [1.165, 1.54) is 24.0 Å². The minimum atomic E-state index is -4.26. The molecule has 0 unspecified atom stereocenters. The SMILES string of the molecule is C[C@@H](COC(=O)C(C)(C)C)N[PH](O)(OC[C@H]1O[C@@H](c2cnc3c(N)ncnn23)[C@](C)(F)[C@@H]1O)Oc1ccccc1. The van der Waals surface area contributed by atoms with Crippen LogP contribution in [0.25, 0.3) is 5.65 Å². The molecule has 0 aliphatic carbocycles.